The molecule has 0 spiro atoms. The molecule has 1 saturated heterocycles. The molecule has 0 bridgehead atoms. The zero-order chi connectivity index (χ0) is 25.7. The summed E-state index contributed by atoms with van der Waals surface area (Å²) in [6, 6.07) is 8.07. The van der Waals surface area contributed by atoms with Crippen LogP contribution in [-0.4, -0.2) is 68.3 Å². The predicted molar refractivity (Wildman–Crippen MR) is 126 cm³/mol. The molecular formula is C24H29N3O8. The fourth-order valence-corrected chi connectivity index (χ4v) is 4.06. The number of nitro groups is 1. The molecule has 1 fully saturated rings. The minimum atomic E-state index is -0.705. The Morgan fingerprint density at radius 1 is 1.06 bits per heavy atom. The number of nitrogens with one attached hydrogen (secondary N) is 1. The molecule has 3 rings (SSSR count). The zero-order valence-electron chi connectivity index (χ0n) is 20.3. The minimum Gasteiger partial charge on any atom is -0.493 e. The van der Waals surface area contributed by atoms with E-state index in [4.69, 9.17) is 18.9 Å². The van der Waals surface area contributed by atoms with Crippen molar-refractivity contribution in [2.75, 3.05) is 34.4 Å². The van der Waals surface area contributed by atoms with Gasteiger partial charge in [-0.25, -0.2) is 0 Å². The van der Waals surface area contributed by atoms with Crippen molar-refractivity contribution in [3.63, 3.8) is 0 Å². The van der Waals surface area contributed by atoms with Gasteiger partial charge in [-0.1, -0.05) is 12.1 Å². The topological polar surface area (TPSA) is 129 Å². The van der Waals surface area contributed by atoms with Gasteiger partial charge in [0.15, 0.2) is 5.75 Å². The van der Waals surface area contributed by atoms with Crippen LogP contribution in [0.4, 0.5) is 5.69 Å². The summed E-state index contributed by atoms with van der Waals surface area (Å²) in [5.41, 5.74) is 0.486. The summed E-state index contributed by atoms with van der Waals surface area (Å²) >= 11 is 0. The molecule has 0 aliphatic carbocycles. The van der Waals surface area contributed by atoms with Crippen LogP contribution in [0.25, 0.3) is 0 Å². The molecule has 2 amide bonds. The molecule has 2 unspecified atom stereocenters. The predicted octanol–water partition coefficient (Wildman–Crippen LogP) is 2.80. The summed E-state index contributed by atoms with van der Waals surface area (Å²) in [4.78, 5) is 38.5. The van der Waals surface area contributed by atoms with E-state index in [1.807, 2.05) is 13.8 Å². The molecule has 35 heavy (non-hydrogen) atoms. The Morgan fingerprint density at radius 3 is 2.17 bits per heavy atom. The van der Waals surface area contributed by atoms with Crippen molar-refractivity contribution in [1.29, 1.82) is 0 Å². The first-order chi connectivity index (χ1) is 16.7. The third kappa shape index (κ3) is 5.62. The van der Waals surface area contributed by atoms with E-state index in [9.17, 15) is 19.7 Å². The highest BCUT2D eigenvalue weighted by atomic mass is 16.6. The van der Waals surface area contributed by atoms with Gasteiger partial charge in [0.1, 0.15) is 5.56 Å². The molecule has 188 valence electrons. The Morgan fingerprint density at radius 2 is 1.66 bits per heavy atom. The van der Waals surface area contributed by atoms with Gasteiger partial charge in [-0.05, 0) is 31.5 Å². The van der Waals surface area contributed by atoms with Crippen LogP contribution in [0.2, 0.25) is 0 Å². The van der Waals surface area contributed by atoms with Crippen molar-refractivity contribution in [1.82, 2.24) is 10.2 Å². The maximum Gasteiger partial charge on any atom is 0.327 e. The summed E-state index contributed by atoms with van der Waals surface area (Å²) in [5.74, 6) is -0.850. The quantitative estimate of drug-likeness (QED) is 0.444. The number of carbonyl (C=O) groups is 2. The summed E-state index contributed by atoms with van der Waals surface area (Å²) in [5, 5.41) is 14.4. The monoisotopic (exact) mass is 487 g/mol. The second-order valence-electron chi connectivity index (χ2n) is 8.15. The van der Waals surface area contributed by atoms with Crippen molar-refractivity contribution in [3.05, 3.63) is 57.1 Å². The SMILES string of the molecule is COc1cc(C(=O)NCc2ccc(C(=O)N3CC(C)OC(C)C3)cc2)c([N+](=O)[O-])c(OC)c1OC. The Labute approximate surface area is 203 Å². The largest absolute Gasteiger partial charge is 0.493 e. The lowest BCUT2D eigenvalue weighted by molar-refractivity contribution is -0.386. The lowest BCUT2D eigenvalue weighted by atomic mass is 10.1. The maximum atomic E-state index is 12.9. The minimum absolute atomic E-state index is 0.0163. The lowest BCUT2D eigenvalue weighted by Crippen LogP contribution is -2.48. The molecule has 11 nitrogen and oxygen atoms in total. The smallest absolute Gasteiger partial charge is 0.327 e. The molecular weight excluding hydrogens is 458 g/mol. The summed E-state index contributed by atoms with van der Waals surface area (Å²) in [6.45, 7) is 5.00. The van der Waals surface area contributed by atoms with E-state index >= 15 is 0 Å². The number of benzene rings is 2. The van der Waals surface area contributed by atoms with Gasteiger partial charge in [0.25, 0.3) is 11.8 Å². The Bertz CT molecular complexity index is 1090. The van der Waals surface area contributed by atoms with E-state index in [0.29, 0.717) is 24.2 Å². The van der Waals surface area contributed by atoms with Crippen molar-refractivity contribution < 1.29 is 33.5 Å². The third-order valence-corrected chi connectivity index (χ3v) is 5.59. The van der Waals surface area contributed by atoms with Gasteiger partial charge in [0.2, 0.25) is 11.5 Å². The molecule has 2 aromatic rings. The summed E-state index contributed by atoms with van der Waals surface area (Å²) < 4.78 is 21.2. The summed E-state index contributed by atoms with van der Waals surface area (Å²) in [6.07, 6.45) is -0.0621. The van der Waals surface area contributed by atoms with Gasteiger partial charge >= 0.3 is 5.69 Å². The highest BCUT2D eigenvalue weighted by Gasteiger charge is 2.32. The van der Waals surface area contributed by atoms with Crippen LogP contribution < -0.4 is 19.5 Å². The molecule has 1 aliphatic heterocycles. The number of nitrogens with zero attached hydrogens (tertiary/aromatic N) is 2. The molecule has 0 radical (unpaired) electrons. The molecule has 11 heteroatoms. The van der Waals surface area contributed by atoms with Gasteiger partial charge in [-0.2, -0.15) is 0 Å². The highest BCUT2D eigenvalue weighted by molar-refractivity contribution is 6.00. The zero-order valence-corrected chi connectivity index (χ0v) is 20.3. The maximum absolute atomic E-state index is 12.9. The molecule has 2 aromatic carbocycles. The van der Waals surface area contributed by atoms with Gasteiger partial charge in [0.05, 0.1) is 38.5 Å². The van der Waals surface area contributed by atoms with Gasteiger partial charge in [-0.3, -0.25) is 19.7 Å². The van der Waals surface area contributed by atoms with Crippen molar-refractivity contribution in [2.24, 2.45) is 0 Å². The molecule has 0 aromatic heterocycles. The van der Waals surface area contributed by atoms with Crippen LogP contribution in [0, 0.1) is 10.1 Å². The number of hydrogen-bond acceptors (Lipinski definition) is 8. The average Bonchev–Trinajstić information content (AvgIpc) is 2.84. The number of carbonyl (C=O) groups excluding carboxylic acids is 2. The third-order valence-electron chi connectivity index (χ3n) is 5.59. The Kier molecular flexibility index (Phi) is 8.13. The second-order valence-corrected chi connectivity index (χ2v) is 8.15. The number of morpholine rings is 1. The van der Waals surface area contributed by atoms with Crippen LogP contribution in [0.15, 0.2) is 30.3 Å². The Balaban J connectivity index is 1.75. The molecule has 1 N–H and O–H groups in total. The van der Waals surface area contributed by atoms with Gasteiger partial charge in [0, 0.05) is 31.3 Å². The first kappa shape index (κ1) is 25.8. The molecule has 1 heterocycles. The number of nitro benzene ring substituents is 1. The van der Waals surface area contributed by atoms with Gasteiger partial charge < -0.3 is 29.2 Å². The van der Waals surface area contributed by atoms with E-state index in [0.717, 1.165) is 0 Å². The van der Waals surface area contributed by atoms with E-state index in [2.05, 4.69) is 5.32 Å². The molecule has 1 aliphatic rings. The summed E-state index contributed by atoms with van der Waals surface area (Å²) in [7, 11) is 3.91. The highest BCUT2D eigenvalue weighted by Crippen LogP contribution is 2.46. The first-order valence-electron chi connectivity index (χ1n) is 11.0. The van der Waals surface area contributed by atoms with Crippen LogP contribution in [0.5, 0.6) is 17.2 Å². The molecule has 2 atom stereocenters. The Hall–Kier alpha value is -3.86. The van der Waals surface area contributed by atoms with Crippen molar-refractivity contribution in [2.45, 2.75) is 32.6 Å². The van der Waals surface area contributed by atoms with E-state index in [-0.39, 0.29) is 47.5 Å². The lowest BCUT2D eigenvalue weighted by Gasteiger charge is -2.35. The molecule has 0 saturated carbocycles. The van der Waals surface area contributed by atoms with Crippen LogP contribution in [-0.2, 0) is 11.3 Å². The number of rotatable bonds is 8. The number of hydrogen-bond donors (Lipinski definition) is 1. The normalized spacial score (nSPS) is 17.5. The second kappa shape index (κ2) is 11.0. The van der Waals surface area contributed by atoms with Crippen LogP contribution in [0.1, 0.15) is 40.1 Å². The van der Waals surface area contributed by atoms with E-state index < -0.39 is 16.5 Å². The fourth-order valence-electron chi connectivity index (χ4n) is 4.06. The number of ether oxygens (including phenoxy) is 4. The average molecular weight is 488 g/mol. The van der Waals surface area contributed by atoms with Gasteiger partial charge in [-0.15, -0.1) is 0 Å². The number of amides is 2. The van der Waals surface area contributed by atoms with Crippen LogP contribution in [0.3, 0.4) is 0 Å². The fraction of sp³-hybridized carbons (Fsp3) is 0.417. The van der Waals surface area contributed by atoms with Crippen LogP contribution >= 0.6 is 0 Å². The van der Waals surface area contributed by atoms with Crippen molar-refractivity contribution >= 4 is 17.5 Å². The standard InChI is InChI=1S/C24H29N3O8/c1-14-12-26(13-15(2)35-14)24(29)17-8-6-16(7-9-17)11-25-23(28)18-10-19(32-3)21(33-4)22(34-5)20(18)27(30)31/h6-10,14-15H,11-13H2,1-5H3,(H,25,28). The first-order valence-corrected chi connectivity index (χ1v) is 11.0. The van der Waals surface area contributed by atoms with E-state index in [1.165, 1.54) is 27.4 Å². The van der Waals surface area contributed by atoms with E-state index in [1.54, 1.807) is 29.2 Å². The van der Waals surface area contributed by atoms with Crippen molar-refractivity contribution in [3.8, 4) is 17.2 Å². The number of methoxy groups -OCH3 is 3.